The van der Waals surface area contributed by atoms with Crippen molar-refractivity contribution in [2.24, 2.45) is 0 Å². The maximum absolute atomic E-state index is 11.9. The van der Waals surface area contributed by atoms with E-state index in [1.807, 2.05) is 6.07 Å². The first-order chi connectivity index (χ1) is 11.8. The molecular formula is C16H22N4O3S. The van der Waals surface area contributed by atoms with E-state index in [1.54, 1.807) is 17.5 Å². The molecule has 1 aliphatic heterocycles. The number of aromatic amines is 1. The van der Waals surface area contributed by atoms with Crippen LogP contribution in [0.1, 0.15) is 11.3 Å². The Morgan fingerprint density at radius 2 is 2.42 bits per heavy atom. The zero-order valence-electron chi connectivity index (χ0n) is 13.4. The predicted molar refractivity (Wildman–Crippen MR) is 91.6 cm³/mol. The molecule has 0 unspecified atom stereocenters. The first-order valence-corrected chi connectivity index (χ1v) is 8.85. The van der Waals surface area contributed by atoms with Gasteiger partial charge in [-0.05, 0) is 18.2 Å². The maximum atomic E-state index is 11.9. The number of nitrogens with one attached hydrogen (secondary N) is 2. The molecule has 8 heteroatoms. The van der Waals surface area contributed by atoms with Crippen LogP contribution < -0.4 is 5.32 Å². The Morgan fingerprint density at radius 3 is 3.21 bits per heavy atom. The van der Waals surface area contributed by atoms with Crippen LogP contribution in [0.5, 0.6) is 0 Å². The Balaban J connectivity index is 1.60. The molecule has 3 heterocycles. The number of thiophene rings is 1. The Kier molecular flexibility index (Phi) is 5.97. The van der Waals surface area contributed by atoms with Crippen molar-refractivity contribution in [3.63, 3.8) is 0 Å². The van der Waals surface area contributed by atoms with E-state index in [0.29, 0.717) is 26.2 Å². The van der Waals surface area contributed by atoms with Gasteiger partial charge in [-0.2, -0.15) is 5.10 Å². The van der Waals surface area contributed by atoms with E-state index < -0.39 is 0 Å². The Bertz CT molecular complexity index is 644. The molecule has 0 saturated carbocycles. The van der Waals surface area contributed by atoms with Gasteiger partial charge in [0.25, 0.3) is 0 Å². The fourth-order valence-electron chi connectivity index (χ4n) is 2.77. The Hall–Kier alpha value is -1.74. The molecular weight excluding hydrogens is 328 g/mol. The van der Waals surface area contributed by atoms with Crippen LogP contribution in [0.2, 0.25) is 0 Å². The fourth-order valence-corrected chi connectivity index (χ4v) is 3.78. The van der Waals surface area contributed by atoms with Crippen LogP contribution in [0.25, 0.3) is 10.6 Å². The van der Waals surface area contributed by atoms with Crippen molar-refractivity contribution in [2.45, 2.75) is 19.0 Å². The molecule has 1 fully saturated rings. The standard InChI is InChI=1S/C16H22N4O3S/c21-7-5-17-16(22)9-12-11-23-8-6-20(12)10-13-1-2-15(24-13)14-3-4-18-19-14/h1-4,12,21H,5-11H2,(H,17,22)(H,18,19)/t12-/m0/s1. The Labute approximate surface area is 144 Å². The van der Waals surface area contributed by atoms with Crippen LogP contribution >= 0.6 is 11.3 Å². The number of H-pyrrole nitrogens is 1. The van der Waals surface area contributed by atoms with Gasteiger partial charge in [0.05, 0.1) is 30.4 Å². The summed E-state index contributed by atoms with van der Waals surface area (Å²) in [6, 6.07) is 6.24. The summed E-state index contributed by atoms with van der Waals surface area (Å²) in [4.78, 5) is 16.6. The lowest BCUT2D eigenvalue weighted by molar-refractivity contribution is -0.124. The van der Waals surface area contributed by atoms with Crippen LogP contribution in [0, 0.1) is 0 Å². The number of hydrogen-bond donors (Lipinski definition) is 3. The first-order valence-electron chi connectivity index (χ1n) is 8.04. The number of carbonyl (C=O) groups excluding carboxylic acids is 1. The van der Waals surface area contributed by atoms with Crippen LogP contribution in [0.4, 0.5) is 0 Å². The third-order valence-electron chi connectivity index (χ3n) is 3.99. The van der Waals surface area contributed by atoms with Crippen molar-refractivity contribution < 1.29 is 14.6 Å². The summed E-state index contributed by atoms with van der Waals surface area (Å²) in [5.41, 5.74) is 1.02. The molecule has 2 aromatic rings. The second-order valence-corrected chi connectivity index (χ2v) is 6.88. The van der Waals surface area contributed by atoms with E-state index in [2.05, 4.69) is 32.5 Å². The first kappa shape index (κ1) is 17.1. The molecule has 3 rings (SSSR count). The molecule has 24 heavy (non-hydrogen) atoms. The number of carbonyl (C=O) groups is 1. The van der Waals surface area contributed by atoms with E-state index in [9.17, 15) is 4.79 Å². The topological polar surface area (TPSA) is 90.5 Å². The van der Waals surface area contributed by atoms with Gasteiger partial charge in [0.1, 0.15) is 0 Å². The molecule has 0 bridgehead atoms. The van der Waals surface area contributed by atoms with Gasteiger partial charge < -0.3 is 15.2 Å². The highest BCUT2D eigenvalue weighted by Crippen LogP contribution is 2.28. The number of aliphatic hydroxyl groups is 1. The van der Waals surface area contributed by atoms with Crippen LogP contribution in [0.3, 0.4) is 0 Å². The van der Waals surface area contributed by atoms with Gasteiger partial charge in [-0.1, -0.05) is 0 Å². The van der Waals surface area contributed by atoms with E-state index in [-0.39, 0.29) is 18.6 Å². The van der Waals surface area contributed by atoms with Crippen LogP contribution in [-0.4, -0.2) is 65.1 Å². The minimum absolute atomic E-state index is 0.0395. The largest absolute Gasteiger partial charge is 0.395 e. The second kappa shape index (κ2) is 8.39. The van der Waals surface area contributed by atoms with Crippen molar-refractivity contribution in [3.8, 4) is 10.6 Å². The summed E-state index contributed by atoms with van der Waals surface area (Å²) in [6.07, 6.45) is 2.14. The summed E-state index contributed by atoms with van der Waals surface area (Å²) in [5.74, 6) is -0.0473. The van der Waals surface area contributed by atoms with Gasteiger partial charge in [0.15, 0.2) is 0 Å². The fraction of sp³-hybridized carbons (Fsp3) is 0.500. The van der Waals surface area contributed by atoms with Gasteiger partial charge in [0, 0.05) is 43.2 Å². The average molecular weight is 350 g/mol. The molecule has 1 amide bonds. The number of rotatable bonds is 7. The number of morpholine rings is 1. The molecule has 1 saturated heterocycles. The van der Waals surface area contributed by atoms with Crippen molar-refractivity contribution >= 4 is 17.2 Å². The van der Waals surface area contributed by atoms with Gasteiger partial charge in [-0.3, -0.25) is 14.8 Å². The van der Waals surface area contributed by atoms with Crippen LogP contribution in [0.15, 0.2) is 24.4 Å². The second-order valence-electron chi connectivity index (χ2n) is 5.71. The summed E-state index contributed by atoms with van der Waals surface area (Å²) in [5, 5.41) is 18.5. The van der Waals surface area contributed by atoms with Crippen molar-refractivity contribution in [2.75, 3.05) is 32.9 Å². The minimum Gasteiger partial charge on any atom is -0.395 e. The lowest BCUT2D eigenvalue weighted by atomic mass is 10.1. The lowest BCUT2D eigenvalue weighted by Gasteiger charge is -2.34. The third-order valence-corrected chi connectivity index (χ3v) is 5.09. The maximum Gasteiger partial charge on any atom is 0.221 e. The normalized spacial score (nSPS) is 18.6. The van der Waals surface area contributed by atoms with Gasteiger partial charge in [-0.15, -0.1) is 11.3 Å². The number of amides is 1. The molecule has 0 spiro atoms. The molecule has 1 aliphatic rings. The highest BCUT2D eigenvalue weighted by Gasteiger charge is 2.25. The predicted octanol–water partition coefficient (Wildman–Crippen LogP) is 0.838. The molecule has 2 aromatic heterocycles. The number of ether oxygens (including phenoxy) is 1. The van der Waals surface area contributed by atoms with E-state index in [4.69, 9.17) is 9.84 Å². The molecule has 1 atom stereocenters. The van der Waals surface area contributed by atoms with E-state index >= 15 is 0 Å². The molecule has 7 nitrogen and oxygen atoms in total. The lowest BCUT2D eigenvalue weighted by Crippen LogP contribution is -2.47. The van der Waals surface area contributed by atoms with E-state index in [1.165, 1.54) is 4.88 Å². The number of nitrogens with zero attached hydrogens (tertiary/aromatic N) is 2. The zero-order chi connectivity index (χ0) is 16.8. The Morgan fingerprint density at radius 1 is 1.50 bits per heavy atom. The number of aromatic nitrogens is 2. The smallest absolute Gasteiger partial charge is 0.221 e. The monoisotopic (exact) mass is 350 g/mol. The number of aliphatic hydroxyl groups excluding tert-OH is 1. The minimum atomic E-state index is -0.0473. The summed E-state index contributed by atoms with van der Waals surface area (Å²) < 4.78 is 5.54. The molecule has 0 aliphatic carbocycles. The van der Waals surface area contributed by atoms with Gasteiger partial charge in [-0.25, -0.2) is 0 Å². The SMILES string of the molecule is O=C(C[C@H]1COCCN1Cc1ccc(-c2ccn[nH]2)s1)NCCO. The summed E-state index contributed by atoms with van der Waals surface area (Å²) in [7, 11) is 0. The molecule has 3 N–H and O–H groups in total. The third kappa shape index (κ3) is 4.41. The van der Waals surface area contributed by atoms with Crippen molar-refractivity contribution in [1.29, 1.82) is 0 Å². The average Bonchev–Trinajstić information content (AvgIpc) is 3.26. The summed E-state index contributed by atoms with van der Waals surface area (Å²) >= 11 is 1.73. The van der Waals surface area contributed by atoms with Gasteiger partial charge in [0.2, 0.25) is 5.91 Å². The quantitative estimate of drug-likeness (QED) is 0.688. The molecule has 130 valence electrons. The highest BCUT2D eigenvalue weighted by atomic mass is 32.1. The molecule has 0 radical (unpaired) electrons. The summed E-state index contributed by atoms with van der Waals surface area (Å²) in [6.45, 7) is 3.13. The van der Waals surface area contributed by atoms with E-state index in [0.717, 1.165) is 23.7 Å². The van der Waals surface area contributed by atoms with Gasteiger partial charge >= 0.3 is 0 Å². The molecule has 0 aromatic carbocycles. The zero-order valence-corrected chi connectivity index (χ0v) is 14.2. The van der Waals surface area contributed by atoms with Crippen molar-refractivity contribution in [3.05, 3.63) is 29.3 Å². The highest BCUT2D eigenvalue weighted by molar-refractivity contribution is 7.15. The van der Waals surface area contributed by atoms with Crippen LogP contribution in [-0.2, 0) is 16.1 Å². The number of hydrogen-bond acceptors (Lipinski definition) is 6. The van der Waals surface area contributed by atoms with Crippen molar-refractivity contribution in [1.82, 2.24) is 20.4 Å².